The summed E-state index contributed by atoms with van der Waals surface area (Å²) in [6, 6.07) is 1.62. The fourth-order valence-electron chi connectivity index (χ4n) is 2.64. The Balaban J connectivity index is 1.96. The highest BCUT2D eigenvalue weighted by molar-refractivity contribution is 7.12. The Kier molecular flexibility index (Phi) is 4.56. The predicted molar refractivity (Wildman–Crippen MR) is 72.6 cm³/mol. The average molecular weight is 291 g/mol. The molecule has 0 bridgehead atoms. The summed E-state index contributed by atoms with van der Waals surface area (Å²) < 4.78 is 36.9. The molecule has 0 radical (unpaired) electrons. The van der Waals surface area contributed by atoms with E-state index in [4.69, 9.17) is 0 Å². The van der Waals surface area contributed by atoms with Crippen LogP contribution in [0.15, 0.2) is 6.07 Å². The minimum atomic E-state index is -4.10. The van der Waals surface area contributed by atoms with Crippen LogP contribution in [-0.2, 0) is 12.8 Å². The highest BCUT2D eigenvalue weighted by Gasteiger charge is 2.30. The molecule has 5 heteroatoms. The molecule has 1 nitrogen and oxygen atoms in total. The topological polar surface area (TPSA) is 12.0 Å². The van der Waals surface area contributed by atoms with E-state index in [1.165, 1.54) is 28.2 Å². The van der Waals surface area contributed by atoms with Gasteiger partial charge in [-0.05, 0) is 51.2 Å². The van der Waals surface area contributed by atoms with Gasteiger partial charge in [-0.25, -0.2) is 0 Å². The van der Waals surface area contributed by atoms with Crippen molar-refractivity contribution in [3.8, 4) is 0 Å². The fourth-order valence-corrected chi connectivity index (χ4v) is 3.91. The van der Waals surface area contributed by atoms with Crippen molar-refractivity contribution in [1.29, 1.82) is 0 Å². The third-order valence-corrected chi connectivity index (χ3v) is 4.93. The lowest BCUT2D eigenvalue weighted by molar-refractivity contribution is -0.139. The minimum absolute atomic E-state index is 0.00653. The van der Waals surface area contributed by atoms with E-state index in [0.717, 1.165) is 12.8 Å². The molecule has 2 rings (SSSR count). The SMILES string of the molecule is CC(CC(F)(F)F)NC(C)c1cc2c(s1)CCCC2. The smallest absolute Gasteiger partial charge is 0.307 e. The van der Waals surface area contributed by atoms with E-state index in [-0.39, 0.29) is 6.04 Å². The molecule has 1 aliphatic carbocycles. The van der Waals surface area contributed by atoms with E-state index in [1.54, 1.807) is 18.3 Å². The summed E-state index contributed by atoms with van der Waals surface area (Å²) in [5.41, 5.74) is 1.41. The van der Waals surface area contributed by atoms with Gasteiger partial charge in [-0.1, -0.05) is 0 Å². The first-order valence-corrected chi connectivity index (χ1v) is 7.61. The van der Waals surface area contributed by atoms with E-state index in [1.807, 2.05) is 6.92 Å². The Hall–Kier alpha value is -0.550. The first-order valence-electron chi connectivity index (χ1n) is 6.79. The number of hydrogen-bond donors (Lipinski definition) is 1. The third kappa shape index (κ3) is 4.21. The number of thiophene rings is 1. The molecule has 1 aromatic rings. The van der Waals surface area contributed by atoms with Gasteiger partial charge in [0.05, 0.1) is 6.42 Å². The second kappa shape index (κ2) is 5.83. The summed E-state index contributed by atoms with van der Waals surface area (Å²) in [6.45, 7) is 3.54. The Morgan fingerprint density at radius 3 is 2.58 bits per heavy atom. The Bertz CT molecular complexity index is 401. The van der Waals surface area contributed by atoms with Crippen molar-refractivity contribution in [1.82, 2.24) is 5.32 Å². The molecule has 0 saturated heterocycles. The Morgan fingerprint density at radius 2 is 1.95 bits per heavy atom. The maximum atomic E-state index is 12.3. The first kappa shape index (κ1) is 14.9. The van der Waals surface area contributed by atoms with E-state index < -0.39 is 18.6 Å². The van der Waals surface area contributed by atoms with Crippen LogP contribution in [0.3, 0.4) is 0 Å². The zero-order valence-corrected chi connectivity index (χ0v) is 12.1. The maximum Gasteiger partial charge on any atom is 0.390 e. The zero-order chi connectivity index (χ0) is 14.0. The quantitative estimate of drug-likeness (QED) is 0.853. The lowest BCUT2D eigenvalue weighted by Gasteiger charge is -2.20. The molecule has 0 fully saturated rings. The summed E-state index contributed by atoms with van der Waals surface area (Å²) >= 11 is 1.76. The van der Waals surface area contributed by atoms with Crippen LogP contribution in [0.25, 0.3) is 0 Å². The molecule has 2 atom stereocenters. The summed E-state index contributed by atoms with van der Waals surface area (Å²) in [5, 5.41) is 3.05. The summed E-state index contributed by atoms with van der Waals surface area (Å²) in [6.07, 6.45) is -0.153. The van der Waals surface area contributed by atoms with Crippen molar-refractivity contribution in [2.75, 3.05) is 0 Å². The van der Waals surface area contributed by atoms with Gasteiger partial charge in [0.15, 0.2) is 0 Å². The highest BCUT2D eigenvalue weighted by Crippen LogP contribution is 2.33. The molecule has 0 spiro atoms. The normalized spacial score (nSPS) is 19.0. The molecular weight excluding hydrogens is 271 g/mol. The highest BCUT2D eigenvalue weighted by atomic mass is 32.1. The van der Waals surface area contributed by atoms with Crippen LogP contribution < -0.4 is 5.32 Å². The van der Waals surface area contributed by atoms with Crippen molar-refractivity contribution >= 4 is 11.3 Å². The van der Waals surface area contributed by atoms with Crippen LogP contribution >= 0.6 is 11.3 Å². The largest absolute Gasteiger partial charge is 0.390 e. The molecule has 1 aliphatic rings. The van der Waals surface area contributed by atoms with Crippen LogP contribution in [0.5, 0.6) is 0 Å². The molecule has 0 aliphatic heterocycles. The standard InChI is InChI=1S/C14H20F3NS/c1-9(8-14(15,16)17)18-10(2)13-7-11-5-3-4-6-12(11)19-13/h7,9-10,18H,3-6,8H2,1-2H3. The Morgan fingerprint density at radius 1 is 1.26 bits per heavy atom. The van der Waals surface area contributed by atoms with Crippen molar-refractivity contribution in [2.24, 2.45) is 0 Å². The average Bonchev–Trinajstić information content (AvgIpc) is 2.69. The molecule has 0 amide bonds. The van der Waals surface area contributed by atoms with Gasteiger partial charge in [0.1, 0.15) is 0 Å². The minimum Gasteiger partial charge on any atom is -0.307 e. The van der Waals surface area contributed by atoms with Crippen molar-refractivity contribution in [3.63, 3.8) is 0 Å². The second-order valence-corrected chi connectivity index (χ2v) is 6.58. The lowest BCUT2D eigenvalue weighted by atomic mass is 9.99. The van der Waals surface area contributed by atoms with Gasteiger partial charge in [-0.2, -0.15) is 13.2 Å². The molecule has 0 saturated carbocycles. The van der Waals surface area contributed by atoms with Gasteiger partial charge in [-0.15, -0.1) is 11.3 Å². The molecular formula is C14H20F3NS. The fraction of sp³-hybridized carbons (Fsp3) is 0.714. The van der Waals surface area contributed by atoms with Crippen molar-refractivity contribution < 1.29 is 13.2 Å². The molecule has 1 N–H and O–H groups in total. The number of alkyl halides is 3. The van der Waals surface area contributed by atoms with Gasteiger partial charge in [0, 0.05) is 21.8 Å². The van der Waals surface area contributed by atoms with Crippen LogP contribution in [0.1, 0.15) is 54.5 Å². The summed E-state index contributed by atoms with van der Waals surface area (Å²) in [4.78, 5) is 2.60. The monoisotopic (exact) mass is 291 g/mol. The maximum absolute atomic E-state index is 12.3. The molecule has 2 unspecified atom stereocenters. The van der Waals surface area contributed by atoms with Gasteiger partial charge in [0.25, 0.3) is 0 Å². The number of rotatable bonds is 4. The third-order valence-electron chi connectivity index (χ3n) is 3.51. The molecule has 108 valence electrons. The molecule has 19 heavy (non-hydrogen) atoms. The lowest BCUT2D eigenvalue weighted by Crippen LogP contribution is -2.32. The second-order valence-electron chi connectivity index (χ2n) is 5.41. The van der Waals surface area contributed by atoms with E-state index >= 15 is 0 Å². The van der Waals surface area contributed by atoms with E-state index in [2.05, 4.69) is 11.4 Å². The number of hydrogen-bond acceptors (Lipinski definition) is 2. The number of fused-ring (bicyclic) bond motifs is 1. The van der Waals surface area contributed by atoms with Crippen LogP contribution in [-0.4, -0.2) is 12.2 Å². The van der Waals surface area contributed by atoms with Crippen molar-refractivity contribution in [2.45, 2.75) is 64.2 Å². The number of nitrogens with one attached hydrogen (secondary N) is 1. The van der Waals surface area contributed by atoms with Crippen LogP contribution in [0, 0.1) is 0 Å². The van der Waals surface area contributed by atoms with Gasteiger partial charge < -0.3 is 5.32 Å². The molecule has 1 aromatic heterocycles. The van der Waals surface area contributed by atoms with Crippen LogP contribution in [0.2, 0.25) is 0 Å². The zero-order valence-electron chi connectivity index (χ0n) is 11.3. The van der Waals surface area contributed by atoms with Crippen LogP contribution in [0.4, 0.5) is 13.2 Å². The van der Waals surface area contributed by atoms with Gasteiger partial charge >= 0.3 is 6.18 Å². The van der Waals surface area contributed by atoms with E-state index in [9.17, 15) is 13.2 Å². The number of halogens is 3. The van der Waals surface area contributed by atoms with Gasteiger partial charge in [0.2, 0.25) is 0 Å². The van der Waals surface area contributed by atoms with Gasteiger partial charge in [-0.3, -0.25) is 0 Å². The Labute approximate surface area is 116 Å². The van der Waals surface area contributed by atoms with Crippen molar-refractivity contribution in [3.05, 3.63) is 21.4 Å². The van der Waals surface area contributed by atoms with E-state index in [0.29, 0.717) is 0 Å². The predicted octanol–water partition coefficient (Wildman–Crippen LogP) is 4.62. The first-order chi connectivity index (χ1) is 8.85. The molecule has 0 aromatic carbocycles. The summed E-state index contributed by atoms with van der Waals surface area (Å²) in [5.74, 6) is 0. The number of aryl methyl sites for hydroxylation is 2. The summed E-state index contributed by atoms with van der Waals surface area (Å²) in [7, 11) is 0. The molecule has 1 heterocycles.